The van der Waals surface area contributed by atoms with Crippen molar-refractivity contribution in [2.75, 3.05) is 12.9 Å². The van der Waals surface area contributed by atoms with Gasteiger partial charge in [-0.25, -0.2) is 4.79 Å². The smallest absolute Gasteiger partial charge is 0.330 e. The molecule has 0 aliphatic carbocycles. The summed E-state index contributed by atoms with van der Waals surface area (Å²) in [6, 6.07) is 0. The molecule has 0 fully saturated rings. The molecular weight excluding hydrogens is 258 g/mol. The van der Waals surface area contributed by atoms with Crippen LogP contribution >= 0.6 is 11.6 Å². The van der Waals surface area contributed by atoms with Gasteiger partial charge in [-0.1, -0.05) is 0 Å². The van der Waals surface area contributed by atoms with Gasteiger partial charge in [-0.05, 0) is 0 Å². The molecule has 6 nitrogen and oxygen atoms in total. The maximum absolute atomic E-state index is 11.8. The van der Waals surface area contributed by atoms with Gasteiger partial charge < -0.3 is 9.47 Å². The molecular formula is C11H16ClN3O3. The lowest BCUT2D eigenvalue weighted by Gasteiger charge is -2.17. The molecule has 0 bridgehead atoms. The predicted molar refractivity (Wildman–Crippen MR) is 68.7 cm³/mol. The quantitative estimate of drug-likeness (QED) is 0.706. The number of rotatable bonds is 4. The summed E-state index contributed by atoms with van der Waals surface area (Å²) in [5, 5.41) is 0. The largest absolute Gasteiger partial charge is 0.341 e. The monoisotopic (exact) mass is 273 g/mol. The highest BCUT2D eigenvalue weighted by Gasteiger charge is 2.13. The van der Waals surface area contributed by atoms with Crippen LogP contribution < -0.4 is 11.2 Å². The zero-order valence-electron chi connectivity index (χ0n) is 10.6. The number of aryl methyl sites for hydroxylation is 1. The lowest BCUT2D eigenvalue weighted by atomic mass is 10.3. The van der Waals surface area contributed by atoms with E-state index in [4.69, 9.17) is 11.6 Å². The molecule has 7 heteroatoms. The number of nitrogens with zero attached hydrogens (tertiary/aromatic N) is 3. The normalized spacial score (nSPS) is 10.4. The molecule has 0 saturated heterocycles. The highest BCUT2D eigenvalue weighted by atomic mass is 35.5. The number of hydrogen-bond donors (Lipinski definition) is 0. The molecule has 0 N–H and O–H groups in total. The molecule has 0 atom stereocenters. The van der Waals surface area contributed by atoms with Crippen molar-refractivity contribution >= 4 is 17.5 Å². The number of carbonyl (C=O) groups excluding carboxylic acids is 1. The van der Waals surface area contributed by atoms with Crippen LogP contribution in [0.5, 0.6) is 0 Å². The van der Waals surface area contributed by atoms with Crippen LogP contribution in [0.1, 0.15) is 12.0 Å². The Morgan fingerprint density at radius 2 is 2.00 bits per heavy atom. The van der Waals surface area contributed by atoms with Crippen LogP contribution in [0.3, 0.4) is 0 Å². The van der Waals surface area contributed by atoms with E-state index in [9.17, 15) is 14.4 Å². The molecule has 18 heavy (non-hydrogen) atoms. The highest BCUT2D eigenvalue weighted by molar-refractivity contribution is 6.18. The molecule has 1 heterocycles. The van der Waals surface area contributed by atoms with Crippen LogP contribution in [0.25, 0.3) is 0 Å². The van der Waals surface area contributed by atoms with E-state index < -0.39 is 5.69 Å². The third-order valence-electron chi connectivity index (χ3n) is 2.66. The second-order valence-electron chi connectivity index (χ2n) is 4.10. The van der Waals surface area contributed by atoms with Crippen LogP contribution in [0.15, 0.2) is 15.8 Å². The summed E-state index contributed by atoms with van der Waals surface area (Å²) in [5.74, 6) is 0.106. The van der Waals surface area contributed by atoms with Crippen molar-refractivity contribution in [1.29, 1.82) is 0 Å². The number of carbonyl (C=O) groups is 1. The van der Waals surface area contributed by atoms with Gasteiger partial charge in [-0.3, -0.25) is 14.2 Å². The van der Waals surface area contributed by atoms with E-state index in [2.05, 4.69) is 0 Å². The average molecular weight is 274 g/mol. The van der Waals surface area contributed by atoms with Crippen LogP contribution in [-0.2, 0) is 25.4 Å². The van der Waals surface area contributed by atoms with Crippen LogP contribution in [0.4, 0.5) is 0 Å². The van der Waals surface area contributed by atoms with Gasteiger partial charge in [0.1, 0.15) is 0 Å². The van der Waals surface area contributed by atoms with E-state index >= 15 is 0 Å². The minimum atomic E-state index is -0.390. The SMILES string of the molecule is CN(Cc1cn(C)c(=O)n(C)c1=O)C(=O)CCCl. The number of hydrogen-bond acceptors (Lipinski definition) is 3. The Labute approximate surface area is 109 Å². The molecule has 1 aromatic heterocycles. The molecule has 0 saturated carbocycles. The summed E-state index contributed by atoms with van der Waals surface area (Å²) in [7, 11) is 4.57. The molecule has 0 aromatic carbocycles. The molecule has 0 aliphatic heterocycles. The molecule has 1 aromatic rings. The zero-order valence-corrected chi connectivity index (χ0v) is 11.4. The third kappa shape index (κ3) is 3.01. The molecule has 100 valence electrons. The summed E-state index contributed by atoms with van der Waals surface area (Å²) in [4.78, 5) is 36.3. The Morgan fingerprint density at radius 1 is 1.39 bits per heavy atom. The molecule has 1 amide bonds. The van der Waals surface area contributed by atoms with Gasteiger partial charge in [-0.2, -0.15) is 0 Å². The summed E-state index contributed by atoms with van der Waals surface area (Å²) >= 11 is 5.49. The average Bonchev–Trinajstić information content (AvgIpc) is 2.33. The van der Waals surface area contributed by atoms with Crippen LogP contribution in [-0.4, -0.2) is 32.9 Å². The van der Waals surface area contributed by atoms with E-state index in [1.165, 1.54) is 22.7 Å². The summed E-state index contributed by atoms with van der Waals surface area (Å²) in [6.45, 7) is 0.163. The van der Waals surface area contributed by atoms with Gasteiger partial charge in [0.15, 0.2) is 0 Å². The Morgan fingerprint density at radius 3 is 2.56 bits per heavy atom. The molecule has 0 aliphatic rings. The number of aromatic nitrogens is 2. The first kappa shape index (κ1) is 14.5. The fourth-order valence-electron chi connectivity index (χ4n) is 1.61. The molecule has 0 unspecified atom stereocenters. The maximum Gasteiger partial charge on any atom is 0.330 e. The number of amides is 1. The van der Waals surface area contributed by atoms with Gasteiger partial charge in [0.05, 0.1) is 12.1 Å². The molecule has 0 radical (unpaired) electrons. The van der Waals surface area contributed by atoms with Gasteiger partial charge in [0, 0.05) is 39.6 Å². The maximum atomic E-state index is 11.8. The predicted octanol–water partition coefficient (Wildman–Crippen LogP) is -0.329. The summed E-state index contributed by atoms with van der Waals surface area (Å²) in [5.41, 5.74) is -0.382. The Bertz CT molecular complexity index is 562. The molecule has 0 spiro atoms. The van der Waals surface area contributed by atoms with Gasteiger partial charge in [0.25, 0.3) is 5.56 Å². The lowest BCUT2D eigenvalue weighted by molar-refractivity contribution is -0.130. The van der Waals surface area contributed by atoms with Crippen LogP contribution in [0, 0.1) is 0 Å². The van der Waals surface area contributed by atoms with Gasteiger partial charge in [0.2, 0.25) is 5.91 Å². The summed E-state index contributed by atoms with van der Waals surface area (Å²) in [6.07, 6.45) is 1.68. The highest BCUT2D eigenvalue weighted by Crippen LogP contribution is 1.99. The van der Waals surface area contributed by atoms with Crippen molar-refractivity contribution in [2.24, 2.45) is 14.1 Å². The number of alkyl halides is 1. The van der Waals surface area contributed by atoms with E-state index in [0.717, 1.165) is 4.57 Å². The van der Waals surface area contributed by atoms with Gasteiger partial charge >= 0.3 is 5.69 Å². The Kier molecular flexibility index (Phi) is 4.72. The van der Waals surface area contributed by atoms with Crippen molar-refractivity contribution in [3.05, 3.63) is 32.6 Å². The first-order chi connectivity index (χ1) is 8.38. The van der Waals surface area contributed by atoms with E-state index in [1.807, 2.05) is 0 Å². The van der Waals surface area contributed by atoms with E-state index in [1.54, 1.807) is 14.1 Å². The lowest BCUT2D eigenvalue weighted by Crippen LogP contribution is -2.40. The third-order valence-corrected chi connectivity index (χ3v) is 2.85. The first-order valence-electron chi connectivity index (χ1n) is 5.44. The van der Waals surface area contributed by atoms with E-state index in [-0.39, 0.29) is 30.3 Å². The van der Waals surface area contributed by atoms with Crippen LogP contribution in [0.2, 0.25) is 0 Å². The second kappa shape index (κ2) is 5.86. The molecule has 1 rings (SSSR count). The van der Waals surface area contributed by atoms with Crippen molar-refractivity contribution in [2.45, 2.75) is 13.0 Å². The Hall–Kier alpha value is -1.56. The Balaban J connectivity index is 3.03. The second-order valence-corrected chi connectivity index (χ2v) is 4.48. The van der Waals surface area contributed by atoms with Crippen molar-refractivity contribution in [1.82, 2.24) is 14.0 Å². The fraction of sp³-hybridized carbons (Fsp3) is 0.545. The van der Waals surface area contributed by atoms with Crippen molar-refractivity contribution in [3.8, 4) is 0 Å². The minimum absolute atomic E-state index is 0.138. The minimum Gasteiger partial charge on any atom is -0.341 e. The zero-order chi connectivity index (χ0) is 13.9. The topological polar surface area (TPSA) is 64.3 Å². The van der Waals surface area contributed by atoms with Crippen molar-refractivity contribution in [3.63, 3.8) is 0 Å². The first-order valence-corrected chi connectivity index (χ1v) is 5.97. The van der Waals surface area contributed by atoms with Crippen molar-refractivity contribution < 1.29 is 4.79 Å². The standard InChI is InChI=1S/C11H16ClN3O3/c1-13(9(16)4-5-12)6-8-7-14(2)11(18)15(3)10(8)17/h7H,4-6H2,1-3H3. The van der Waals surface area contributed by atoms with Gasteiger partial charge in [-0.15, -0.1) is 11.6 Å². The fourth-order valence-corrected chi connectivity index (χ4v) is 1.77. The van der Waals surface area contributed by atoms with E-state index in [0.29, 0.717) is 5.56 Å². The number of halogens is 1. The summed E-state index contributed by atoms with van der Waals surface area (Å²) < 4.78 is 2.34.